The number of rotatable bonds is 2. The summed E-state index contributed by atoms with van der Waals surface area (Å²) in [6, 6.07) is 0. The van der Waals surface area contributed by atoms with Crippen molar-refractivity contribution in [2.45, 2.75) is 11.8 Å². The van der Waals surface area contributed by atoms with E-state index < -0.39 is 0 Å². The van der Waals surface area contributed by atoms with Gasteiger partial charge in [0, 0.05) is 12.4 Å². The molecule has 0 radical (unpaired) electrons. The molecule has 2 rings (SSSR count). The van der Waals surface area contributed by atoms with E-state index >= 15 is 0 Å². The molecule has 0 N–H and O–H groups in total. The van der Waals surface area contributed by atoms with Crippen LogP contribution in [0.5, 0.6) is 0 Å². The van der Waals surface area contributed by atoms with E-state index in [9.17, 15) is 0 Å². The maximum atomic E-state index is 4.15. The first-order valence-corrected chi connectivity index (χ1v) is 5.74. The fourth-order valence-electron chi connectivity index (χ4n) is 0.908. The van der Waals surface area contributed by atoms with Crippen LogP contribution in [0.4, 0.5) is 0 Å². The predicted octanol–water partition coefficient (Wildman–Crippen LogP) is 2.45. The largest absolute Gasteiger partial charge is 0.261 e. The average molecular weight is 271 g/mol. The summed E-state index contributed by atoms with van der Waals surface area (Å²) >= 11 is 4.96. The summed E-state index contributed by atoms with van der Waals surface area (Å²) in [5.74, 6) is 0. The molecule has 0 spiro atoms. The average Bonchev–Trinajstić information content (AvgIpc) is 2.68. The highest BCUT2D eigenvalue weighted by atomic mass is 79.9. The lowest BCUT2D eigenvalue weighted by Crippen LogP contribution is -1.82. The van der Waals surface area contributed by atoms with E-state index in [1.165, 1.54) is 11.3 Å². The number of alkyl halides is 1. The van der Waals surface area contributed by atoms with Gasteiger partial charge in [0.15, 0.2) is 5.01 Å². The molecule has 1 atom stereocenters. The molecule has 0 aromatic carbocycles. The third-order valence-corrected chi connectivity index (χ3v) is 3.43. The Bertz CT molecular complexity index is 414. The minimum absolute atomic E-state index is 0.227. The highest BCUT2D eigenvalue weighted by Gasteiger charge is 2.10. The molecule has 1 unspecified atom stereocenters. The second-order valence-corrected chi connectivity index (χ2v) is 5.03. The summed E-state index contributed by atoms with van der Waals surface area (Å²) in [5, 5.41) is 9.84. The molecule has 2 aromatic rings. The van der Waals surface area contributed by atoms with Gasteiger partial charge in [0.25, 0.3) is 0 Å². The number of halogens is 1. The molecule has 0 saturated heterocycles. The molecule has 6 heteroatoms. The maximum Gasteiger partial charge on any atom is 0.167 e. The van der Waals surface area contributed by atoms with Crippen LogP contribution in [0.3, 0.4) is 0 Å². The van der Waals surface area contributed by atoms with Crippen LogP contribution in [0.25, 0.3) is 10.7 Å². The van der Waals surface area contributed by atoms with Crippen molar-refractivity contribution < 1.29 is 0 Å². The van der Waals surface area contributed by atoms with Crippen LogP contribution >= 0.6 is 27.3 Å². The zero-order chi connectivity index (χ0) is 9.97. The van der Waals surface area contributed by atoms with Crippen LogP contribution in [-0.2, 0) is 0 Å². The smallest absolute Gasteiger partial charge is 0.167 e. The van der Waals surface area contributed by atoms with Crippen molar-refractivity contribution in [3.63, 3.8) is 0 Å². The summed E-state index contributed by atoms with van der Waals surface area (Å²) in [4.78, 5) is 8.36. The molecule has 0 aliphatic carbocycles. The van der Waals surface area contributed by atoms with Crippen molar-refractivity contribution in [3.05, 3.63) is 23.6 Å². The van der Waals surface area contributed by atoms with E-state index in [2.05, 4.69) is 36.1 Å². The topological polar surface area (TPSA) is 51.6 Å². The van der Waals surface area contributed by atoms with Gasteiger partial charge in [-0.05, 0) is 6.92 Å². The Hall–Kier alpha value is -0.880. The Morgan fingerprint density at radius 2 is 2.21 bits per heavy atom. The van der Waals surface area contributed by atoms with Crippen LogP contribution < -0.4 is 0 Å². The molecule has 72 valence electrons. The minimum Gasteiger partial charge on any atom is -0.261 e. The van der Waals surface area contributed by atoms with E-state index in [1.54, 1.807) is 18.6 Å². The summed E-state index contributed by atoms with van der Waals surface area (Å²) in [6.07, 6.45) is 4.97. The highest BCUT2D eigenvalue weighted by molar-refractivity contribution is 9.09. The SMILES string of the molecule is CC(Br)c1nnc(-c2cnccn2)s1. The van der Waals surface area contributed by atoms with Crippen LogP contribution in [-0.4, -0.2) is 20.2 Å². The van der Waals surface area contributed by atoms with E-state index in [0.717, 1.165) is 15.7 Å². The van der Waals surface area contributed by atoms with Gasteiger partial charge >= 0.3 is 0 Å². The van der Waals surface area contributed by atoms with Crippen molar-refractivity contribution in [2.24, 2.45) is 0 Å². The Balaban J connectivity index is 2.34. The van der Waals surface area contributed by atoms with Gasteiger partial charge in [-0.3, -0.25) is 9.97 Å². The van der Waals surface area contributed by atoms with Crippen molar-refractivity contribution in [2.75, 3.05) is 0 Å². The van der Waals surface area contributed by atoms with E-state index in [0.29, 0.717) is 0 Å². The first-order chi connectivity index (χ1) is 6.77. The van der Waals surface area contributed by atoms with Crippen LogP contribution in [0.2, 0.25) is 0 Å². The Kier molecular flexibility index (Phi) is 2.83. The summed E-state index contributed by atoms with van der Waals surface area (Å²) in [7, 11) is 0. The van der Waals surface area contributed by atoms with Gasteiger partial charge in [-0.1, -0.05) is 27.3 Å². The van der Waals surface area contributed by atoms with Crippen LogP contribution in [0, 0.1) is 0 Å². The van der Waals surface area contributed by atoms with E-state index in [-0.39, 0.29) is 4.83 Å². The number of hydrogen-bond acceptors (Lipinski definition) is 5. The number of aromatic nitrogens is 4. The number of hydrogen-bond donors (Lipinski definition) is 0. The van der Waals surface area contributed by atoms with Gasteiger partial charge in [-0.2, -0.15) is 0 Å². The molecule has 0 aliphatic heterocycles. The van der Waals surface area contributed by atoms with Gasteiger partial charge in [0.05, 0.1) is 11.0 Å². The van der Waals surface area contributed by atoms with Crippen molar-refractivity contribution >= 4 is 27.3 Å². The fraction of sp³-hybridized carbons (Fsp3) is 0.250. The van der Waals surface area contributed by atoms with Crippen LogP contribution in [0.15, 0.2) is 18.6 Å². The second-order valence-electron chi connectivity index (χ2n) is 2.65. The van der Waals surface area contributed by atoms with Gasteiger partial charge in [-0.15, -0.1) is 10.2 Å². The van der Waals surface area contributed by atoms with Crippen molar-refractivity contribution in [3.8, 4) is 10.7 Å². The third kappa shape index (κ3) is 1.96. The third-order valence-electron chi connectivity index (χ3n) is 1.56. The minimum atomic E-state index is 0.227. The Morgan fingerprint density at radius 3 is 2.79 bits per heavy atom. The standard InChI is InChI=1S/C8H7BrN4S/c1-5(9)7-12-13-8(14-7)6-4-10-2-3-11-6/h2-5H,1H3. The zero-order valence-electron chi connectivity index (χ0n) is 7.38. The molecule has 2 aromatic heterocycles. The molecule has 0 aliphatic rings. The molecule has 14 heavy (non-hydrogen) atoms. The molecule has 0 bridgehead atoms. The maximum absolute atomic E-state index is 4.15. The Morgan fingerprint density at radius 1 is 1.36 bits per heavy atom. The fourth-order valence-corrected chi connectivity index (χ4v) is 2.01. The van der Waals surface area contributed by atoms with Gasteiger partial charge < -0.3 is 0 Å². The Labute approximate surface area is 93.6 Å². The predicted molar refractivity (Wildman–Crippen MR) is 58.3 cm³/mol. The molecule has 0 saturated carbocycles. The summed E-state index contributed by atoms with van der Waals surface area (Å²) < 4.78 is 0. The molecular formula is C8H7BrN4S. The lowest BCUT2D eigenvalue weighted by Gasteiger charge is -1.92. The van der Waals surface area contributed by atoms with E-state index in [4.69, 9.17) is 0 Å². The van der Waals surface area contributed by atoms with Gasteiger partial charge in [0.1, 0.15) is 10.7 Å². The van der Waals surface area contributed by atoms with Crippen LogP contribution in [0.1, 0.15) is 16.8 Å². The quantitative estimate of drug-likeness (QED) is 0.787. The van der Waals surface area contributed by atoms with Crippen molar-refractivity contribution in [1.29, 1.82) is 0 Å². The normalized spacial score (nSPS) is 12.7. The molecule has 0 fully saturated rings. The van der Waals surface area contributed by atoms with E-state index in [1.807, 2.05) is 6.92 Å². The summed E-state index contributed by atoms with van der Waals surface area (Å²) in [6.45, 7) is 2.01. The summed E-state index contributed by atoms with van der Waals surface area (Å²) in [5.41, 5.74) is 0.768. The number of nitrogens with zero attached hydrogens (tertiary/aromatic N) is 4. The highest BCUT2D eigenvalue weighted by Crippen LogP contribution is 2.28. The lowest BCUT2D eigenvalue weighted by molar-refractivity contribution is 0.976. The molecule has 2 heterocycles. The second kappa shape index (κ2) is 4.10. The first kappa shape index (κ1) is 9.67. The molecule has 0 amide bonds. The molecular weight excluding hydrogens is 264 g/mol. The zero-order valence-corrected chi connectivity index (χ0v) is 9.79. The lowest BCUT2D eigenvalue weighted by atomic mass is 10.5. The van der Waals surface area contributed by atoms with Crippen molar-refractivity contribution in [1.82, 2.24) is 20.2 Å². The molecule has 4 nitrogen and oxygen atoms in total. The monoisotopic (exact) mass is 270 g/mol. The van der Waals surface area contributed by atoms with Gasteiger partial charge in [-0.25, -0.2) is 0 Å². The van der Waals surface area contributed by atoms with Gasteiger partial charge in [0.2, 0.25) is 0 Å². The first-order valence-electron chi connectivity index (χ1n) is 4.01.